The average Bonchev–Trinajstić information content (AvgIpc) is 3.06. The van der Waals surface area contributed by atoms with Crippen LogP contribution in [0.2, 0.25) is 0 Å². The van der Waals surface area contributed by atoms with Gasteiger partial charge in [0.1, 0.15) is 0 Å². The standard InChI is InChI=1S/C14H13N3S2/c1-10-7-8-12(18-10)9-15-14-16-13(17-19-14)11-5-3-2-4-6-11/h2-8H,9H2,1H3,(H,15,16,17). The first-order valence-corrected chi connectivity index (χ1v) is 7.58. The van der Waals surface area contributed by atoms with E-state index in [1.165, 1.54) is 21.3 Å². The fourth-order valence-corrected chi connectivity index (χ4v) is 3.16. The predicted molar refractivity (Wildman–Crippen MR) is 81.7 cm³/mol. The van der Waals surface area contributed by atoms with Crippen LogP contribution in [0.1, 0.15) is 9.75 Å². The Balaban J connectivity index is 1.68. The van der Waals surface area contributed by atoms with Crippen LogP contribution in [0.3, 0.4) is 0 Å². The highest BCUT2D eigenvalue weighted by atomic mass is 32.1. The Morgan fingerprint density at radius 2 is 1.95 bits per heavy atom. The van der Waals surface area contributed by atoms with Crippen LogP contribution in [0, 0.1) is 6.92 Å². The minimum Gasteiger partial charge on any atom is -0.355 e. The van der Waals surface area contributed by atoms with Gasteiger partial charge in [0.2, 0.25) is 5.13 Å². The summed E-state index contributed by atoms with van der Waals surface area (Å²) in [5.41, 5.74) is 1.05. The minimum absolute atomic E-state index is 0.787. The normalized spacial score (nSPS) is 10.6. The van der Waals surface area contributed by atoms with Crippen molar-refractivity contribution in [2.45, 2.75) is 13.5 Å². The van der Waals surface area contributed by atoms with E-state index in [0.29, 0.717) is 0 Å². The summed E-state index contributed by atoms with van der Waals surface area (Å²) in [5, 5.41) is 4.19. The van der Waals surface area contributed by atoms with E-state index in [1.807, 2.05) is 30.3 Å². The van der Waals surface area contributed by atoms with E-state index in [4.69, 9.17) is 0 Å². The molecule has 0 saturated carbocycles. The van der Waals surface area contributed by atoms with Crippen LogP contribution in [0.15, 0.2) is 42.5 Å². The van der Waals surface area contributed by atoms with E-state index < -0.39 is 0 Å². The molecule has 0 atom stereocenters. The van der Waals surface area contributed by atoms with E-state index in [1.54, 1.807) is 11.3 Å². The van der Waals surface area contributed by atoms with Crippen molar-refractivity contribution in [2.75, 3.05) is 5.32 Å². The van der Waals surface area contributed by atoms with Gasteiger partial charge >= 0.3 is 0 Å². The first-order valence-electron chi connectivity index (χ1n) is 5.99. The van der Waals surface area contributed by atoms with Crippen LogP contribution < -0.4 is 5.32 Å². The number of hydrogen-bond donors (Lipinski definition) is 1. The number of aromatic nitrogens is 2. The Labute approximate surface area is 120 Å². The molecule has 3 nitrogen and oxygen atoms in total. The first-order chi connectivity index (χ1) is 9.31. The Kier molecular flexibility index (Phi) is 3.57. The lowest BCUT2D eigenvalue weighted by atomic mass is 10.2. The SMILES string of the molecule is Cc1ccc(CNc2nc(-c3ccccc3)ns2)s1. The topological polar surface area (TPSA) is 37.8 Å². The number of nitrogens with one attached hydrogen (secondary N) is 1. The van der Waals surface area contributed by atoms with Crippen molar-refractivity contribution < 1.29 is 0 Å². The molecule has 0 radical (unpaired) electrons. The lowest BCUT2D eigenvalue weighted by molar-refractivity contribution is 1.17. The van der Waals surface area contributed by atoms with Gasteiger partial charge in [-0.25, -0.2) is 0 Å². The van der Waals surface area contributed by atoms with Gasteiger partial charge in [0, 0.05) is 26.9 Å². The summed E-state index contributed by atoms with van der Waals surface area (Å²) in [6.07, 6.45) is 0. The van der Waals surface area contributed by atoms with E-state index in [2.05, 4.69) is 33.7 Å². The molecule has 0 bridgehead atoms. The molecule has 0 unspecified atom stereocenters. The van der Waals surface area contributed by atoms with Crippen LogP contribution in [0.5, 0.6) is 0 Å². The molecule has 0 aliphatic heterocycles. The van der Waals surface area contributed by atoms with Gasteiger partial charge in [-0.15, -0.1) is 11.3 Å². The Hall–Kier alpha value is -1.72. The fraction of sp³-hybridized carbons (Fsp3) is 0.143. The Bertz CT molecular complexity index is 658. The van der Waals surface area contributed by atoms with Crippen molar-refractivity contribution in [3.05, 3.63) is 52.2 Å². The molecule has 3 rings (SSSR count). The van der Waals surface area contributed by atoms with Gasteiger partial charge in [-0.3, -0.25) is 0 Å². The van der Waals surface area contributed by atoms with Crippen molar-refractivity contribution >= 4 is 28.0 Å². The van der Waals surface area contributed by atoms with Crippen LogP contribution in [-0.4, -0.2) is 9.36 Å². The largest absolute Gasteiger partial charge is 0.355 e. The summed E-state index contributed by atoms with van der Waals surface area (Å²) >= 11 is 3.21. The molecule has 0 fully saturated rings. The van der Waals surface area contributed by atoms with Crippen LogP contribution in [0.4, 0.5) is 5.13 Å². The molecular weight excluding hydrogens is 274 g/mol. The molecule has 2 aromatic heterocycles. The molecule has 0 saturated heterocycles. The quantitative estimate of drug-likeness (QED) is 0.782. The summed E-state index contributed by atoms with van der Waals surface area (Å²) < 4.78 is 4.38. The predicted octanol–water partition coefficient (Wildman–Crippen LogP) is 4.19. The third kappa shape index (κ3) is 3.00. The second-order valence-electron chi connectivity index (χ2n) is 4.16. The summed E-state index contributed by atoms with van der Waals surface area (Å²) in [6.45, 7) is 2.93. The highest BCUT2D eigenvalue weighted by Gasteiger charge is 2.06. The second kappa shape index (κ2) is 5.50. The van der Waals surface area contributed by atoms with Crippen LogP contribution in [0.25, 0.3) is 11.4 Å². The van der Waals surface area contributed by atoms with E-state index >= 15 is 0 Å². The Morgan fingerprint density at radius 1 is 1.11 bits per heavy atom. The monoisotopic (exact) mass is 287 g/mol. The third-order valence-electron chi connectivity index (χ3n) is 2.67. The molecule has 2 heterocycles. The number of hydrogen-bond acceptors (Lipinski definition) is 5. The van der Waals surface area contributed by atoms with Crippen molar-refractivity contribution in [2.24, 2.45) is 0 Å². The number of anilines is 1. The molecule has 96 valence electrons. The van der Waals surface area contributed by atoms with E-state index in [9.17, 15) is 0 Å². The van der Waals surface area contributed by atoms with Crippen molar-refractivity contribution in [1.82, 2.24) is 9.36 Å². The van der Waals surface area contributed by atoms with Crippen molar-refractivity contribution in [1.29, 1.82) is 0 Å². The number of rotatable bonds is 4. The molecule has 19 heavy (non-hydrogen) atoms. The van der Waals surface area contributed by atoms with Gasteiger partial charge in [0.15, 0.2) is 5.82 Å². The maximum atomic E-state index is 4.50. The second-order valence-corrected chi connectivity index (χ2v) is 6.28. The molecule has 0 aliphatic rings. The van der Waals surface area contributed by atoms with Crippen LogP contribution >= 0.6 is 22.9 Å². The number of nitrogens with zero attached hydrogens (tertiary/aromatic N) is 2. The smallest absolute Gasteiger partial charge is 0.203 e. The zero-order chi connectivity index (χ0) is 13.1. The molecule has 3 aromatic rings. The highest BCUT2D eigenvalue weighted by molar-refractivity contribution is 7.12. The van der Waals surface area contributed by atoms with Gasteiger partial charge in [-0.2, -0.15) is 9.36 Å². The molecule has 0 spiro atoms. The number of benzene rings is 1. The molecule has 0 aliphatic carbocycles. The summed E-state index contributed by atoms with van der Waals surface area (Å²) in [5.74, 6) is 0.787. The van der Waals surface area contributed by atoms with Gasteiger partial charge < -0.3 is 5.32 Å². The molecule has 5 heteroatoms. The zero-order valence-electron chi connectivity index (χ0n) is 10.5. The van der Waals surface area contributed by atoms with Gasteiger partial charge in [0.05, 0.1) is 6.54 Å². The van der Waals surface area contributed by atoms with Crippen molar-refractivity contribution in [3.8, 4) is 11.4 Å². The first kappa shape index (κ1) is 12.3. The lowest BCUT2D eigenvalue weighted by Crippen LogP contribution is -1.96. The maximum absolute atomic E-state index is 4.50. The third-order valence-corrected chi connectivity index (χ3v) is 4.34. The molecule has 0 amide bonds. The summed E-state index contributed by atoms with van der Waals surface area (Å²) in [7, 11) is 0. The van der Waals surface area contributed by atoms with Gasteiger partial charge in [-0.05, 0) is 19.1 Å². The average molecular weight is 287 g/mol. The van der Waals surface area contributed by atoms with E-state index in [0.717, 1.165) is 23.1 Å². The molecular formula is C14H13N3S2. The molecule has 1 N–H and O–H groups in total. The molecule has 1 aromatic carbocycles. The fourth-order valence-electron chi connectivity index (χ4n) is 1.74. The minimum atomic E-state index is 0.787. The Morgan fingerprint density at radius 3 is 2.68 bits per heavy atom. The lowest BCUT2D eigenvalue weighted by Gasteiger charge is -1.98. The summed E-state index contributed by atoms with van der Waals surface area (Å²) in [6, 6.07) is 14.3. The van der Waals surface area contributed by atoms with Gasteiger partial charge in [-0.1, -0.05) is 30.3 Å². The maximum Gasteiger partial charge on any atom is 0.203 e. The summed E-state index contributed by atoms with van der Waals surface area (Å²) in [4.78, 5) is 7.15. The van der Waals surface area contributed by atoms with Crippen LogP contribution in [-0.2, 0) is 6.54 Å². The number of thiophene rings is 1. The van der Waals surface area contributed by atoms with Crippen molar-refractivity contribution in [3.63, 3.8) is 0 Å². The zero-order valence-corrected chi connectivity index (χ0v) is 12.1. The highest BCUT2D eigenvalue weighted by Crippen LogP contribution is 2.22. The van der Waals surface area contributed by atoms with E-state index in [-0.39, 0.29) is 0 Å². The van der Waals surface area contributed by atoms with Gasteiger partial charge in [0.25, 0.3) is 0 Å². The number of aryl methyl sites for hydroxylation is 1.